The average Bonchev–Trinajstić information content (AvgIpc) is 2.79. The van der Waals surface area contributed by atoms with Crippen molar-refractivity contribution in [3.05, 3.63) is 60.2 Å². The number of rotatable bonds is 10. The molecule has 0 saturated carbocycles. The van der Waals surface area contributed by atoms with Crippen LogP contribution in [0.15, 0.2) is 54.6 Å². The quantitative estimate of drug-likeness (QED) is 0.418. The average molecular weight is 523 g/mol. The number of urea groups is 1. The van der Waals surface area contributed by atoms with Crippen LogP contribution < -0.4 is 16.0 Å². The third kappa shape index (κ3) is 8.79. The second-order valence-electron chi connectivity index (χ2n) is 9.24. The van der Waals surface area contributed by atoms with Crippen molar-refractivity contribution < 1.29 is 13.2 Å². The maximum absolute atomic E-state index is 12.9. The second-order valence-corrected chi connectivity index (χ2v) is 11.4. The Labute approximate surface area is 216 Å². The number of anilines is 2. The highest BCUT2D eigenvalue weighted by molar-refractivity contribution is 7.91. The van der Waals surface area contributed by atoms with Crippen LogP contribution >= 0.6 is 12.4 Å². The molecule has 194 valence electrons. The minimum Gasteiger partial charge on any atom is -0.317 e. The summed E-state index contributed by atoms with van der Waals surface area (Å²) in [5.74, 6) is 0.139. The van der Waals surface area contributed by atoms with Crippen LogP contribution in [0, 0.1) is 5.92 Å². The highest BCUT2D eigenvalue weighted by Gasteiger charge is 2.37. The summed E-state index contributed by atoms with van der Waals surface area (Å²) in [6.45, 7) is 6.67. The fraction of sp³-hybridized carbons (Fsp3) is 0.500. The van der Waals surface area contributed by atoms with Gasteiger partial charge in [-0.15, -0.1) is 12.4 Å². The number of hydrogen-bond acceptors (Lipinski definition) is 5. The molecule has 0 spiro atoms. The Hall–Kier alpha value is -2.13. The van der Waals surface area contributed by atoms with Gasteiger partial charge in [0.25, 0.3) is 0 Å². The number of carbonyl (C=O) groups is 1. The van der Waals surface area contributed by atoms with E-state index in [9.17, 15) is 13.2 Å². The van der Waals surface area contributed by atoms with E-state index in [1.54, 1.807) is 0 Å². The zero-order chi connectivity index (χ0) is 24.6. The Morgan fingerprint density at radius 3 is 2.31 bits per heavy atom. The first-order valence-electron chi connectivity index (χ1n) is 12.1. The Morgan fingerprint density at radius 2 is 1.69 bits per heavy atom. The highest BCUT2D eigenvalue weighted by Crippen LogP contribution is 2.28. The van der Waals surface area contributed by atoms with Gasteiger partial charge in [0, 0.05) is 23.7 Å². The normalized spacial score (nSPS) is 16.2. The molecule has 7 nitrogen and oxygen atoms in total. The Balaban J connectivity index is 0.00000432. The lowest BCUT2D eigenvalue weighted by molar-refractivity contribution is 0.131. The number of sulfone groups is 1. The highest BCUT2D eigenvalue weighted by atomic mass is 35.5. The van der Waals surface area contributed by atoms with Crippen LogP contribution in [0.4, 0.5) is 16.2 Å². The van der Waals surface area contributed by atoms with Crippen LogP contribution in [-0.4, -0.2) is 56.7 Å². The third-order valence-corrected chi connectivity index (χ3v) is 7.88. The molecule has 2 atom stereocenters. The van der Waals surface area contributed by atoms with Crippen molar-refractivity contribution >= 4 is 39.7 Å². The van der Waals surface area contributed by atoms with E-state index in [1.165, 1.54) is 6.26 Å². The molecule has 1 heterocycles. The van der Waals surface area contributed by atoms with Crippen molar-refractivity contribution in [2.75, 3.05) is 36.5 Å². The predicted octanol–water partition coefficient (Wildman–Crippen LogP) is 4.77. The summed E-state index contributed by atoms with van der Waals surface area (Å²) >= 11 is 0. The number of halogens is 1. The molecule has 1 aliphatic rings. The summed E-state index contributed by atoms with van der Waals surface area (Å²) in [4.78, 5) is 14.6. The number of nitrogens with zero attached hydrogens (tertiary/aromatic N) is 1. The summed E-state index contributed by atoms with van der Waals surface area (Å²) in [5.41, 5.74) is 2.49. The molecule has 2 unspecified atom stereocenters. The van der Waals surface area contributed by atoms with Gasteiger partial charge in [0.1, 0.15) is 5.37 Å². The molecule has 3 N–H and O–H groups in total. The standard InChI is InChI=1S/C26H38N4O3S.ClH/c1-4-17-30(25(34(3,32)33)22-13-15-27-16-14-22)20(2)18-21-9-8-12-24(19-21)29-26(31)28-23-10-6-5-7-11-23;/h5-12,19-20,22,25,27H,4,13-18H2,1-3H3,(H2,28,29,31);1H. The van der Waals surface area contributed by atoms with E-state index in [1.807, 2.05) is 54.6 Å². The lowest BCUT2D eigenvalue weighted by Crippen LogP contribution is -2.52. The van der Waals surface area contributed by atoms with Crippen molar-refractivity contribution in [2.45, 2.75) is 50.9 Å². The Bertz CT molecular complexity index is 1030. The monoisotopic (exact) mass is 522 g/mol. The van der Waals surface area contributed by atoms with Gasteiger partial charge in [-0.3, -0.25) is 4.90 Å². The van der Waals surface area contributed by atoms with E-state index < -0.39 is 15.2 Å². The van der Waals surface area contributed by atoms with Gasteiger partial charge in [0.15, 0.2) is 9.84 Å². The van der Waals surface area contributed by atoms with Gasteiger partial charge in [0.05, 0.1) is 0 Å². The summed E-state index contributed by atoms with van der Waals surface area (Å²) in [7, 11) is -3.24. The topological polar surface area (TPSA) is 90.5 Å². The van der Waals surface area contributed by atoms with E-state index in [0.717, 1.165) is 50.1 Å². The molecule has 2 aromatic carbocycles. The SMILES string of the molecule is CCCN(C(C)Cc1cccc(NC(=O)Nc2ccccc2)c1)C(C1CCNCC1)S(C)(=O)=O.Cl. The molecule has 0 aliphatic carbocycles. The number of piperidine rings is 1. The van der Waals surface area contributed by atoms with Crippen LogP contribution in [0.3, 0.4) is 0 Å². The number of carbonyl (C=O) groups excluding carboxylic acids is 1. The van der Waals surface area contributed by atoms with Crippen LogP contribution in [0.1, 0.15) is 38.7 Å². The first kappa shape index (κ1) is 29.1. The molecule has 2 aromatic rings. The summed E-state index contributed by atoms with van der Waals surface area (Å²) in [6, 6.07) is 16.8. The molecular weight excluding hydrogens is 484 g/mol. The second kappa shape index (κ2) is 13.8. The molecular formula is C26H39ClN4O3S. The molecule has 2 amide bonds. The van der Waals surface area contributed by atoms with Crippen molar-refractivity contribution in [2.24, 2.45) is 5.92 Å². The summed E-state index contributed by atoms with van der Waals surface area (Å²) in [6.07, 6.45) is 4.72. The molecule has 0 bridgehead atoms. The molecule has 1 fully saturated rings. The van der Waals surface area contributed by atoms with Crippen LogP contribution in [0.5, 0.6) is 0 Å². The first-order valence-corrected chi connectivity index (χ1v) is 14.1. The fourth-order valence-corrected chi connectivity index (χ4v) is 6.68. The van der Waals surface area contributed by atoms with E-state index in [-0.39, 0.29) is 30.4 Å². The van der Waals surface area contributed by atoms with Gasteiger partial charge in [-0.2, -0.15) is 0 Å². The van der Waals surface area contributed by atoms with Crippen LogP contribution in [0.2, 0.25) is 0 Å². The molecule has 0 radical (unpaired) electrons. The smallest absolute Gasteiger partial charge is 0.317 e. The molecule has 9 heteroatoms. The van der Waals surface area contributed by atoms with Gasteiger partial charge in [-0.05, 0) is 88.0 Å². The van der Waals surface area contributed by atoms with E-state index in [2.05, 4.69) is 34.7 Å². The molecule has 1 aliphatic heterocycles. The van der Waals surface area contributed by atoms with Gasteiger partial charge in [-0.25, -0.2) is 13.2 Å². The van der Waals surface area contributed by atoms with E-state index >= 15 is 0 Å². The number of para-hydroxylation sites is 1. The van der Waals surface area contributed by atoms with Crippen molar-refractivity contribution in [3.8, 4) is 0 Å². The van der Waals surface area contributed by atoms with Crippen LogP contribution in [0.25, 0.3) is 0 Å². The van der Waals surface area contributed by atoms with Crippen LogP contribution in [-0.2, 0) is 16.3 Å². The van der Waals surface area contributed by atoms with Crippen molar-refractivity contribution in [1.29, 1.82) is 0 Å². The number of benzene rings is 2. The lowest BCUT2D eigenvalue weighted by atomic mass is 9.95. The zero-order valence-electron chi connectivity index (χ0n) is 20.9. The Kier molecular flexibility index (Phi) is 11.5. The van der Waals surface area contributed by atoms with E-state index in [0.29, 0.717) is 12.1 Å². The maximum Gasteiger partial charge on any atom is 0.323 e. The molecule has 3 rings (SSSR count). The first-order chi connectivity index (χ1) is 16.3. The number of nitrogens with one attached hydrogen (secondary N) is 3. The minimum absolute atomic E-state index is 0. The third-order valence-electron chi connectivity index (χ3n) is 6.35. The predicted molar refractivity (Wildman–Crippen MR) is 147 cm³/mol. The lowest BCUT2D eigenvalue weighted by Gasteiger charge is -2.41. The molecule has 0 aromatic heterocycles. The zero-order valence-corrected chi connectivity index (χ0v) is 22.5. The van der Waals surface area contributed by atoms with Gasteiger partial charge in [-0.1, -0.05) is 37.3 Å². The summed E-state index contributed by atoms with van der Waals surface area (Å²) < 4.78 is 25.8. The van der Waals surface area contributed by atoms with Gasteiger partial charge >= 0.3 is 6.03 Å². The summed E-state index contributed by atoms with van der Waals surface area (Å²) in [5, 5.41) is 8.59. The van der Waals surface area contributed by atoms with Gasteiger partial charge in [0.2, 0.25) is 0 Å². The maximum atomic E-state index is 12.9. The minimum atomic E-state index is -3.24. The van der Waals surface area contributed by atoms with E-state index in [4.69, 9.17) is 0 Å². The molecule has 1 saturated heterocycles. The number of hydrogen-bond donors (Lipinski definition) is 3. The fourth-order valence-electron chi connectivity index (χ4n) is 4.90. The van der Waals surface area contributed by atoms with Gasteiger partial charge < -0.3 is 16.0 Å². The molecule has 35 heavy (non-hydrogen) atoms. The van der Waals surface area contributed by atoms with Crippen molar-refractivity contribution in [3.63, 3.8) is 0 Å². The number of amides is 2. The largest absolute Gasteiger partial charge is 0.323 e. The van der Waals surface area contributed by atoms with Crippen molar-refractivity contribution in [1.82, 2.24) is 10.2 Å². The Morgan fingerprint density at radius 1 is 1.06 bits per heavy atom.